The van der Waals surface area contributed by atoms with E-state index in [9.17, 15) is 0 Å². The Kier molecular flexibility index (Phi) is 3.39. The van der Waals surface area contributed by atoms with Crippen molar-refractivity contribution < 1.29 is 4.74 Å². The van der Waals surface area contributed by atoms with Crippen molar-refractivity contribution in [3.8, 4) is 5.88 Å². The molecule has 0 bridgehead atoms. The monoisotopic (exact) mass is 221 g/mol. The van der Waals surface area contributed by atoms with Crippen LogP contribution in [0.3, 0.4) is 0 Å². The van der Waals surface area contributed by atoms with Gasteiger partial charge in [-0.05, 0) is 46.2 Å². The van der Waals surface area contributed by atoms with Crippen molar-refractivity contribution in [3.63, 3.8) is 0 Å². The molecule has 0 amide bonds. The first-order chi connectivity index (χ1) is 7.67. The Bertz CT molecular complexity index is 341. The molecule has 0 spiro atoms. The lowest BCUT2D eigenvalue weighted by Gasteiger charge is -2.34. The number of nitrogens with one attached hydrogen (secondary N) is 1. The molecule has 16 heavy (non-hydrogen) atoms. The molecule has 0 aromatic carbocycles. The topological polar surface area (TPSA) is 47.0 Å². The van der Waals surface area contributed by atoms with Gasteiger partial charge in [-0.1, -0.05) is 0 Å². The highest BCUT2D eigenvalue weighted by Gasteiger charge is 2.30. The number of aryl methyl sites for hydroxylation is 2. The minimum Gasteiger partial charge on any atom is -0.474 e. The lowest BCUT2D eigenvalue weighted by molar-refractivity contribution is 0.0613. The van der Waals surface area contributed by atoms with Crippen molar-refractivity contribution in [1.82, 2.24) is 15.3 Å². The summed E-state index contributed by atoms with van der Waals surface area (Å²) in [6.07, 6.45) is 2.60. The molecule has 1 aromatic rings. The predicted molar refractivity (Wildman–Crippen MR) is 62.6 cm³/mol. The Balaban J connectivity index is 1.86. The Labute approximate surface area is 96.4 Å². The van der Waals surface area contributed by atoms with E-state index in [4.69, 9.17) is 4.74 Å². The third kappa shape index (κ3) is 2.70. The van der Waals surface area contributed by atoms with Crippen LogP contribution in [0.15, 0.2) is 6.07 Å². The third-order valence-electron chi connectivity index (χ3n) is 2.92. The van der Waals surface area contributed by atoms with Crippen LogP contribution in [0.1, 0.15) is 24.4 Å². The van der Waals surface area contributed by atoms with Gasteiger partial charge in [-0.15, -0.1) is 0 Å². The average molecular weight is 221 g/mol. The SMILES string of the molecule is CNCC1CC(Oc2cc(C)nc(C)n2)C1. The van der Waals surface area contributed by atoms with Crippen LogP contribution < -0.4 is 10.1 Å². The van der Waals surface area contributed by atoms with Crippen molar-refractivity contribution in [2.45, 2.75) is 32.8 Å². The van der Waals surface area contributed by atoms with E-state index >= 15 is 0 Å². The van der Waals surface area contributed by atoms with Crippen molar-refractivity contribution in [2.75, 3.05) is 13.6 Å². The van der Waals surface area contributed by atoms with E-state index in [1.165, 1.54) is 0 Å². The first-order valence-electron chi connectivity index (χ1n) is 5.81. The van der Waals surface area contributed by atoms with Crippen LogP contribution in [-0.4, -0.2) is 29.7 Å². The van der Waals surface area contributed by atoms with Gasteiger partial charge in [-0.3, -0.25) is 0 Å². The number of ether oxygens (including phenoxy) is 1. The molecule has 88 valence electrons. The number of nitrogens with zero attached hydrogens (tertiary/aromatic N) is 2. The highest BCUT2D eigenvalue weighted by atomic mass is 16.5. The lowest BCUT2D eigenvalue weighted by Crippen LogP contribution is -2.38. The van der Waals surface area contributed by atoms with Crippen molar-refractivity contribution in [1.29, 1.82) is 0 Å². The second-order valence-electron chi connectivity index (χ2n) is 4.53. The van der Waals surface area contributed by atoms with E-state index in [2.05, 4.69) is 15.3 Å². The highest BCUT2D eigenvalue weighted by Crippen LogP contribution is 2.30. The smallest absolute Gasteiger partial charge is 0.217 e. The molecule has 1 fully saturated rings. The van der Waals surface area contributed by atoms with Gasteiger partial charge in [0.05, 0.1) is 0 Å². The van der Waals surface area contributed by atoms with E-state index in [1.54, 1.807) is 0 Å². The van der Waals surface area contributed by atoms with E-state index < -0.39 is 0 Å². The molecule has 1 N–H and O–H groups in total. The molecular formula is C12H19N3O. The molecule has 0 aliphatic heterocycles. The lowest BCUT2D eigenvalue weighted by atomic mass is 9.82. The largest absolute Gasteiger partial charge is 0.474 e. The fourth-order valence-electron chi connectivity index (χ4n) is 2.14. The predicted octanol–water partition coefficient (Wildman–Crippen LogP) is 1.47. The van der Waals surface area contributed by atoms with E-state index in [0.29, 0.717) is 6.10 Å². The summed E-state index contributed by atoms with van der Waals surface area (Å²) in [5.74, 6) is 2.26. The average Bonchev–Trinajstić information content (AvgIpc) is 2.13. The Morgan fingerprint density at radius 1 is 1.38 bits per heavy atom. The summed E-state index contributed by atoms with van der Waals surface area (Å²) < 4.78 is 5.81. The number of hydrogen-bond acceptors (Lipinski definition) is 4. The van der Waals surface area contributed by atoms with E-state index in [1.807, 2.05) is 27.0 Å². The molecule has 1 heterocycles. The molecule has 0 unspecified atom stereocenters. The zero-order valence-electron chi connectivity index (χ0n) is 10.2. The molecule has 1 saturated carbocycles. The Hall–Kier alpha value is -1.16. The van der Waals surface area contributed by atoms with Crippen LogP contribution in [0, 0.1) is 19.8 Å². The Morgan fingerprint density at radius 2 is 2.12 bits per heavy atom. The quantitative estimate of drug-likeness (QED) is 0.836. The van der Waals surface area contributed by atoms with Crippen LogP contribution in [0.2, 0.25) is 0 Å². The summed E-state index contributed by atoms with van der Waals surface area (Å²) in [6, 6.07) is 1.90. The second kappa shape index (κ2) is 4.78. The third-order valence-corrected chi connectivity index (χ3v) is 2.92. The van der Waals surface area contributed by atoms with Gasteiger partial charge in [0.15, 0.2) is 0 Å². The molecular weight excluding hydrogens is 202 g/mol. The second-order valence-corrected chi connectivity index (χ2v) is 4.53. The van der Waals surface area contributed by atoms with Crippen molar-refractivity contribution in [2.24, 2.45) is 5.92 Å². The molecule has 1 aliphatic carbocycles. The van der Waals surface area contributed by atoms with Gasteiger partial charge in [0, 0.05) is 11.8 Å². The van der Waals surface area contributed by atoms with Crippen LogP contribution in [0.25, 0.3) is 0 Å². The first-order valence-corrected chi connectivity index (χ1v) is 5.81. The van der Waals surface area contributed by atoms with Gasteiger partial charge in [0.2, 0.25) is 5.88 Å². The summed E-state index contributed by atoms with van der Waals surface area (Å²) in [7, 11) is 1.99. The van der Waals surface area contributed by atoms with Gasteiger partial charge in [0.25, 0.3) is 0 Å². The minimum atomic E-state index is 0.340. The molecule has 0 atom stereocenters. The number of aromatic nitrogens is 2. The van der Waals surface area contributed by atoms with E-state index in [-0.39, 0.29) is 0 Å². The fourth-order valence-corrected chi connectivity index (χ4v) is 2.14. The van der Waals surface area contributed by atoms with Crippen LogP contribution in [0.4, 0.5) is 0 Å². The first kappa shape index (κ1) is 11.3. The Morgan fingerprint density at radius 3 is 2.75 bits per heavy atom. The van der Waals surface area contributed by atoms with Gasteiger partial charge >= 0.3 is 0 Å². The molecule has 4 heteroatoms. The number of hydrogen-bond donors (Lipinski definition) is 1. The maximum atomic E-state index is 5.81. The molecule has 1 aliphatic rings. The summed E-state index contributed by atoms with van der Waals surface area (Å²) >= 11 is 0. The maximum Gasteiger partial charge on any atom is 0.217 e. The molecule has 0 radical (unpaired) electrons. The van der Waals surface area contributed by atoms with Crippen LogP contribution >= 0.6 is 0 Å². The molecule has 1 aromatic heterocycles. The fraction of sp³-hybridized carbons (Fsp3) is 0.667. The van der Waals surface area contributed by atoms with Gasteiger partial charge in [0.1, 0.15) is 11.9 Å². The summed E-state index contributed by atoms with van der Waals surface area (Å²) in [5.41, 5.74) is 0.966. The van der Waals surface area contributed by atoms with Gasteiger partial charge < -0.3 is 10.1 Å². The van der Waals surface area contributed by atoms with Crippen LogP contribution in [0.5, 0.6) is 5.88 Å². The number of rotatable bonds is 4. The minimum absolute atomic E-state index is 0.340. The normalized spacial score (nSPS) is 23.9. The summed E-state index contributed by atoms with van der Waals surface area (Å²) in [6.45, 7) is 4.94. The van der Waals surface area contributed by atoms with Crippen molar-refractivity contribution in [3.05, 3.63) is 17.6 Å². The molecule has 4 nitrogen and oxygen atoms in total. The van der Waals surface area contributed by atoms with E-state index in [0.717, 1.165) is 42.7 Å². The zero-order chi connectivity index (χ0) is 11.5. The van der Waals surface area contributed by atoms with Crippen LogP contribution in [-0.2, 0) is 0 Å². The standard InChI is InChI=1S/C12H19N3O/c1-8-4-12(15-9(2)14-8)16-11-5-10(6-11)7-13-3/h4,10-11,13H,5-7H2,1-3H3. The van der Waals surface area contributed by atoms with Crippen molar-refractivity contribution >= 4 is 0 Å². The summed E-state index contributed by atoms with van der Waals surface area (Å²) in [5, 5.41) is 3.19. The van der Waals surface area contributed by atoms with Gasteiger partial charge in [-0.25, -0.2) is 4.98 Å². The van der Waals surface area contributed by atoms with Gasteiger partial charge in [-0.2, -0.15) is 4.98 Å². The molecule has 0 saturated heterocycles. The zero-order valence-corrected chi connectivity index (χ0v) is 10.2. The highest BCUT2D eigenvalue weighted by molar-refractivity contribution is 5.15. The molecule has 2 rings (SSSR count). The maximum absolute atomic E-state index is 5.81. The summed E-state index contributed by atoms with van der Waals surface area (Å²) in [4.78, 5) is 8.51.